The van der Waals surface area contributed by atoms with Gasteiger partial charge in [-0.05, 0) is 53.4 Å². The highest BCUT2D eigenvalue weighted by Gasteiger charge is 2.38. The van der Waals surface area contributed by atoms with Crippen LogP contribution in [0.3, 0.4) is 0 Å². The molecule has 2 amide bonds. The molecule has 2 N–H and O–H groups in total. The topological polar surface area (TPSA) is 115 Å². The Bertz CT molecular complexity index is 680. The Labute approximate surface area is 226 Å². The average Bonchev–Trinajstić information content (AvgIpc) is 3.26. The molecule has 1 fully saturated rings. The van der Waals surface area contributed by atoms with Crippen molar-refractivity contribution in [2.24, 2.45) is 0 Å². The molecule has 1 unspecified atom stereocenters. The van der Waals surface area contributed by atoms with E-state index in [0.717, 1.165) is 32.1 Å². The van der Waals surface area contributed by atoms with E-state index in [2.05, 4.69) is 50.7 Å². The van der Waals surface area contributed by atoms with E-state index in [4.69, 9.17) is 14.3 Å². The van der Waals surface area contributed by atoms with Crippen LogP contribution in [0.2, 0.25) is 0 Å². The van der Waals surface area contributed by atoms with Crippen LogP contribution in [0.4, 0.5) is 0 Å². The molecule has 0 aromatic rings. The van der Waals surface area contributed by atoms with Gasteiger partial charge in [-0.1, -0.05) is 32.6 Å². The number of amides is 2. The molecule has 0 spiro atoms. The van der Waals surface area contributed by atoms with Crippen LogP contribution in [0, 0.1) is 11.3 Å². The number of nitrogens with zero attached hydrogens (tertiary/aromatic N) is 3. The number of aliphatic hydroxyl groups excluding tert-OH is 1. The predicted octanol–water partition coefficient (Wildman–Crippen LogP) is 4.89. The molecule has 1 heterocycles. The van der Waals surface area contributed by atoms with E-state index in [1.807, 2.05) is 0 Å². The minimum absolute atomic E-state index is 0.0319. The summed E-state index contributed by atoms with van der Waals surface area (Å²) in [5.74, 6) is 0.149. The summed E-state index contributed by atoms with van der Waals surface area (Å²) < 4.78 is 14.6. The number of unbranched alkanes of at least 4 members (excludes halogenated alkanes) is 5. The number of nitriles is 1. The van der Waals surface area contributed by atoms with E-state index in [-0.39, 0.29) is 42.7 Å². The lowest BCUT2D eigenvalue weighted by atomic mass is 10.1. The third-order valence-electron chi connectivity index (χ3n) is 6.46. The van der Waals surface area contributed by atoms with Crippen molar-refractivity contribution in [2.75, 3.05) is 26.3 Å². The van der Waals surface area contributed by atoms with E-state index < -0.39 is 8.53 Å². The minimum Gasteiger partial charge on any atom is -0.394 e. The fourth-order valence-electron chi connectivity index (χ4n) is 4.60. The van der Waals surface area contributed by atoms with E-state index in [1.165, 1.54) is 12.8 Å². The monoisotopic (exact) mass is 542 g/mol. The first-order valence-electron chi connectivity index (χ1n) is 14.2. The fraction of sp³-hybridized carbons (Fsp3) is 0.889. The van der Waals surface area contributed by atoms with Gasteiger partial charge in [-0.2, -0.15) is 5.26 Å². The van der Waals surface area contributed by atoms with E-state index >= 15 is 0 Å². The van der Waals surface area contributed by atoms with Gasteiger partial charge in [0.15, 0.2) is 0 Å². The van der Waals surface area contributed by atoms with Crippen molar-refractivity contribution in [3.05, 3.63) is 0 Å². The number of likely N-dealkylation sites (tertiary alicyclic amines) is 1. The highest BCUT2D eigenvalue weighted by molar-refractivity contribution is 7.44. The van der Waals surface area contributed by atoms with Crippen molar-refractivity contribution < 1.29 is 23.7 Å². The quantitative estimate of drug-likeness (QED) is 0.166. The summed E-state index contributed by atoms with van der Waals surface area (Å²) in [6.07, 6.45) is 8.53. The molecule has 1 aliphatic heterocycles. The fourth-order valence-corrected chi connectivity index (χ4v) is 6.31. The van der Waals surface area contributed by atoms with Crippen LogP contribution in [-0.2, 0) is 18.6 Å². The van der Waals surface area contributed by atoms with Gasteiger partial charge in [-0.25, -0.2) is 4.67 Å². The maximum Gasteiger partial charge on any atom is 0.259 e. The van der Waals surface area contributed by atoms with Crippen molar-refractivity contribution in [2.45, 2.75) is 129 Å². The largest absolute Gasteiger partial charge is 0.394 e. The van der Waals surface area contributed by atoms with Gasteiger partial charge < -0.3 is 24.4 Å². The maximum atomic E-state index is 12.9. The molecule has 0 saturated carbocycles. The number of rotatable bonds is 20. The number of carbonyl (C=O) groups excluding carboxylic acids is 2. The third-order valence-corrected chi connectivity index (χ3v) is 8.64. The molecule has 9 nitrogen and oxygen atoms in total. The van der Waals surface area contributed by atoms with Crippen LogP contribution in [0.25, 0.3) is 0 Å². The summed E-state index contributed by atoms with van der Waals surface area (Å²) in [6, 6.07) is 2.25. The molecule has 0 radical (unpaired) electrons. The van der Waals surface area contributed by atoms with Crippen LogP contribution >= 0.6 is 8.53 Å². The predicted molar refractivity (Wildman–Crippen MR) is 148 cm³/mol. The Morgan fingerprint density at radius 2 is 1.78 bits per heavy atom. The summed E-state index contributed by atoms with van der Waals surface area (Å²) in [5.41, 5.74) is 0. The average molecular weight is 543 g/mol. The minimum atomic E-state index is -1.39. The van der Waals surface area contributed by atoms with Crippen LogP contribution < -0.4 is 5.32 Å². The Morgan fingerprint density at radius 3 is 2.41 bits per heavy atom. The molecule has 3 atom stereocenters. The van der Waals surface area contributed by atoms with Gasteiger partial charge in [0.1, 0.15) is 0 Å². The smallest absolute Gasteiger partial charge is 0.259 e. The molecule has 0 aliphatic carbocycles. The Hall–Kier alpha value is -1.30. The van der Waals surface area contributed by atoms with E-state index in [9.17, 15) is 14.7 Å². The zero-order valence-corrected chi connectivity index (χ0v) is 24.7. The zero-order chi connectivity index (χ0) is 27.6. The van der Waals surface area contributed by atoms with Crippen molar-refractivity contribution in [3.8, 4) is 6.07 Å². The van der Waals surface area contributed by atoms with Crippen LogP contribution in [0.5, 0.6) is 0 Å². The molecule has 10 heteroatoms. The van der Waals surface area contributed by atoms with Crippen LogP contribution in [0.1, 0.15) is 105 Å². The maximum absolute atomic E-state index is 12.9. The summed E-state index contributed by atoms with van der Waals surface area (Å²) in [7, 11) is -1.39. The van der Waals surface area contributed by atoms with E-state index in [1.54, 1.807) is 4.90 Å². The van der Waals surface area contributed by atoms with E-state index in [0.29, 0.717) is 45.4 Å². The molecular formula is C27H51N4O5P. The SMILES string of the molecule is CCCCCCC(=O)NCCCCCC(=O)N1C[C@H](OP(OCCC#N)N(C(C)C)C(C)C)C[C@H]1CO. The Kier molecular flexibility index (Phi) is 18.0. The first kappa shape index (κ1) is 33.7. The molecule has 0 aromatic heterocycles. The van der Waals surface area contributed by atoms with Crippen molar-refractivity contribution in [3.63, 3.8) is 0 Å². The number of hydrogen-bond donors (Lipinski definition) is 2. The number of nitrogens with one attached hydrogen (secondary N) is 1. The van der Waals surface area contributed by atoms with Gasteiger partial charge in [-0.3, -0.25) is 9.59 Å². The highest BCUT2D eigenvalue weighted by atomic mass is 31.2. The molecule has 1 rings (SSSR count). The first-order valence-corrected chi connectivity index (χ1v) is 15.3. The third kappa shape index (κ3) is 13.4. The molecule has 214 valence electrons. The number of carbonyl (C=O) groups is 2. The van der Waals surface area contributed by atoms with Gasteiger partial charge in [0.25, 0.3) is 8.53 Å². The van der Waals surface area contributed by atoms with Gasteiger partial charge in [0.05, 0.1) is 37.8 Å². The lowest BCUT2D eigenvalue weighted by Gasteiger charge is -2.36. The number of hydrogen-bond acceptors (Lipinski definition) is 7. The van der Waals surface area contributed by atoms with Crippen LogP contribution in [0.15, 0.2) is 0 Å². The second kappa shape index (κ2) is 19.7. The second-order valence-electron chi connectivity index (χ2n) is 10.4. The highest BCUT2D eigenvalue weighted by Crippen LogP contribution is 2.48. The van der Waals surface area contributed by atoms with Gasteiger partial charge in [-0.15, -0.1) is 0 Å². The molecule has 37 heavy (non-hydrogen) atoms. The zero-order valence-electron chi connectivity index (χ0n) is 23.8. The molecule has 0 aromatic carbocycles. The summed E-state index contributed by atoms with van der Waals surface area (Å²) in [4.78, 5) is 26.5. The number of aliphatic hydroxyl groups is 1. The first-order chi connectivity index (χ1) is 17.7. The second-order valence-corrected chi connectivity index (χ2v) is 11.8. The summed E-state index contributed by atoms with van der Waals surface area (Å²) >= 11 is 0. The van der Waals surface area contributed by atoms with Crippen LogP contribution in [-0.4, -0.2) is 77.0 Å². The van der Waals surface area contributed by atoms with Crippen molar-refractivity contribution >= 4 is 20.3 Å². The Balaban J connectivity index is 2.48. The lowest BCUT2D eigenvalue weighted by molar-refractivity contribution is -0.133. The normalized spacial score (nSPS) is 18.5. The molecule has 0 bridgehead atoms. The lowest BCUT2D eigenvalue weighted by Crippen LogP contribution is -2.38. The van der Waals surface area contributed by atoms with Gasteiger partial charge in [0, 0.05) is 38.0 Å². The van der Waals surface area contributed by atoms with Crippen molar-refractivity contribution in [1.82, 2.24) is 14.9 Å². The summed E-state index contributed by atoms with van der Waals surface area (Å²) in [5, 5.41) is 21.8. The molecule has 1 aliphatic rings. The standard InChI is InChI=1S/C27H51N4O5P/c1-6-7-8-10-14-26(33)29-17-12-9-11-15-27(34)30-20-25(19-24(30)21-32)36-37(35-18-13-16-28)31(22(2)3)23(4)5/h22-25,32H,6-15,17-21H2,1-5H3,(H,29,33)/t24-,25+,37?/m0/s1. The summed E-state index contributed by atoms with van der Waals surface area (Å²) in [6.45, 7) is 11.8. The van der Waals surface area contributed by atoms with Gasteiger partial charge in [0.2, 0.25) is 11.8 Å². The molecule has 1 saturated heterocycles. The Morgan fingerprint density at radius 1 is 1.11 bits per heavy atom. The van der Waals surface area contributed by atoms with Gasteiger partial charge >= 0.3 is 0 Å². The molecular weight excluding hydrogens is 491 g/mol. The van der Waals surface area contributed by atoms with Crippen molar-refractivity contribution in [1.29, 1.82) is 5.26 Å².